The predicted molar refractivity (Wildman–Crippen MR) is 53.4 cm³/mol. The lowest BCUT2D eigenvalue weighted by atomic mass is 10.3. The summed E-state index contributed by atoms with van der Waals surface area (Å²) in [5.74, 6) is 0. The molecular weight excluding hydrogens is 150 g/mol. The summed E-state index contributed by atoms with van der Waals surface area (Å²) in [6.45, 7) is 11.8. The molecule has 1 atom stereocenters. The van der Waals surface area contributed by atoms with E-state index in [-0.39, 0.29) is 6.10 Å². The first kappa shape index (κ1) is 11.7. The molecule has 2 heteroatoms. The van der Waals surface area contributed by atoms with Gasteiger partial charge in [0.05, 0.1) is 6.10 Å². The topological polar surface area (TPSA) is 21.3 Å². The molecule has 0 amide bonds. The molecule has 0 spiro atoms. The molecule has 0 aromatic carbocycles. The summed E-state index contributed by atoms with van der Waals surface area (Å²) in [5.41, 5.74) is 0. The minimum absolute atomic E-state index is 0.184. The van der Waals surface area contributed by atoms with Gasteiger partial charge in [0.1, 0.15) is 0 Å². The Hall–Kier alpha value is -0.340. The number of hydrogen-bond acceptors (Lipinski definition) is 2. The standard InChI is InChI=1S/C10H21NO/c1-5-10(4)12-8-6-7-11-9(2)3/h5,9-11H,1,6-8H2,2-4H3. The Bertz CT molecular complexity index is 112. The smallest absolute Gasteiger partial charge is 0.0725 e. The first-order valence-electron chi connectivity index (χ1n) is 4.64. The molecule has 0 aliphatic heterocycles. The number of nitrogens with one attached hydrogen (secondary N) is 1. The zero-order valence-electron chi connectivity index (χ0n) is 8.47. The zero-order chi connectivity index (χ0) is 9.40. The van der Waals surface area contributed by atoms with Crippen LogP contribution in [0.5, 0.6) is 0 Å². The molecule has 0 aliphatic carbocycles. The van der Waals surface area contributed by atoms with Gasteiger partial charge in [-0.15, -0.1) is 6.58 Å². The highest BCUT2D eigenvalue weighted by atomic mass is 16.5. The van der Waals surface area contributed by atoms with E-state index in [2.05, 4.69) is 25.7 Å². The fourth-order valence-corrected chi connectivity index (χ4v) is 0.800. The molecule has 0 rings (SSSR count). The van der Waals surface area contributed by atoms with E-state index in [9.17, 15) is 0 Å². The van der Waals surface area contributed by atoms with Crippen LogP contribution in [0.1, 0.15) is 27.2 Å². The SMILES string of the molecule is C=CC(C)OCCCNC(C)C. The summed E-state index contributed by atoms with van der Waals surface area (Å²) < 4.78 is 5.41. The maximum Gasteiger partial charge on any atom is 0.0725 e. The monoisotopic (exact) mass is 171 g/mol. The molecule has 1 unspecified atom stereocenters. The van der Waals surface area contributed by atoms with Crippen LogP contribution in [-0.2, 0) is 4.74 Å². The molecule has 0 fully saturated rings. The predicted octanol–water partition coefficient (Wildman–Crippen LogP) is 1.97. The summed E-state index contributed by atoms with van der Waals surface area (Å²) in [6.07, 6.45) is 3.07. The normalized spacial score (nSPS) is 13.3. The van der Waals surface area contributed by atoms with Crippen LogP contribution < -0.4 is 5.32 Å². The van der Waals surface area contributed by atoms with Crippen LogP contribution in [0.15, 0.2) is 12.7 Å². The van der Waals surface area contributed by atoms with Gasteiger partial charge in [-0.1, -0.05) is 19.9 Å². The molecule has 0 saturated heterocycles. The second kappa shape index (κ2) is 7.32. The zero-order valence-corrected chi connectivity index (χ0v) is 8.47. The third-order valence-electron chi connectivity index (χ3n) is 1.59. The molecular formula is C10H21NO. The average molecular weight is 171 g/mol. The van der Waals surface area contributed by atoms with Gasteiger partial charge in [0.15, 0.2) is 0 Å². The summed E-state index contributed by atoms with van der Waals surface area (Å²) in [7, 11) is 0. The molecule has 0 aromatic heterocycles. The van der Waals surface area contributed by atoms with E-state index in [1.54, 1.807) is 0 Å². The van der Waals surface area contributed by atoms with Gasteiger partial charge in [0.2, 0.25) is 0 Å². The van der Waals surface area contributed by atoms with Crippen molar-refractivity contribution in [3.05, 3.63) is 12.7 Å². The summed E-state index contributed by atoms with van der Waals surface area (Å²) >= 11 is 0. The van der Waals surface area contributed by atoms with Crippen LogP contribution in [0, 0.1) is 0 Å². The molecule has 12 heavy (non-hydrogen) atoms. The van der Waals surface area contributed by atoms with Crippen LogP contribution >= 0.6 is 0 Å². The summed E-state index contributed by atoms with van der Waals surface area (Å²) in [4.78, 5) is 0. The van der Waals surface area contributed by atoms with Gasteiger partial charge in [-0.25, -0.2) is 0 Å². The number of hydrogen-bond donors (Lipinski definition) is 1. The highest BCUT2D eigenvalue weighted by Gasteiger charge is 1.95. The van der Waals surface area contributed by atoms with Crippen molar-refractivity contribution in [2.45, 2.75) is 39.3 Å². The Labute approximate surface area is 76.0 Å². The van der Waals surface area contributed by atoms with E-state index < -0.39 is 0 Å². The van der Waals surface area contributed by atoms with Gasteiger partial charge in [-0.2, -0.15) is 0 Å². The average Bonchev–Trinajstić information content (AvgIpc) is 2.03. The minimum atomic E-state index is 0.184. The van der Waals surface area contributed by atoms with Gasteiger partial charge >= 0.3 is 0 Å². The highest BCUT2D eigenvalue weighted by molar-refractivity contribution is 4.74. The Kier molecular flexibility index (Phi) is 7.11. The van der Waals surface area contributed by atoms with Gasteiger partial charge in [0.25, 0.3) is 0 Å². The van der Waals surface area contributed by atoms with Crippen LogP contribution in [0.25, 0.3) is 0 Å². The second-order valence-corrected chi connectivity index (χ2v) is 3.27. The van der Waals surface area contributed by atoms with Gasteiger partial charge in [-0.3, -0.25) is 0 Å². The molecule has 2 nitrogen and oxygen atoms in total. The molecule has 0 aromatic rings. The lowest BCUT2D eigenvalue weighted by Gasteiger charge is -2.10. The van der Waals surface area contributed by atoms with E-state index in [0.717, 1.165) is 19.6 Å². The van der Waals surface area contributed by atoms with Crippen molar-refractivity contribution in [1.29, 1.82) is 0 Å². The van der Waals surface area contributed by atoms with Crippen LogP contribution in [0.4, 0.5) is 0 Å². The van der Waals surface area contributed by atoms with E-state index in [1.165, 1.54) is 0 Å². The summed E-state index contributed by atoms with van der Waals surface area (Å²) in [5, 5.41) is 3.33. The van der Waals surface area contributed by atoms with Crippen molar-refractivity contribution in [3.63, 3.8) is 0 Å². The van der Waals surface area contributed by atoms with Crippen LogP contribution in [0.3, 0.4) is 0 Å². The Balaban J connectivity index is 3.05. The van der Waals surface area contributed by atoms with Crippen LogP contribution in [-0.4, -0.2) is 25.3 Å². The van der Waals surface area contributed by atoms with Gasteiger partial charge < -0.3 is 10.1 Å². The van der Waals surface area contributed by atoms with Gasteiger partial charge in [-0.05, 0) is 19.9 Å². The van der Waals surface area contributed by atoms with Crippen molar-refractivity contribution in [2.24, 2.45) is 0 Å². The molecule has 0 heterocycles. The molecule has 0 aliphatic rings. The highest BCUT2D eigenvalue weighted by Crippen LogP contribution is 1.92. The first-order chi connectivity index (χ1) is 5.66. The largest absolute Gasteiger partial charge is 0.374 e. The Morgan fingerprint density at radius 1 is 1.42 bits per heavy atom. The van der Waals surface area contributed by atoms with Crippen molar-refractivity contribution in [2.75, 3.05) is 13.2 Å². The maximum absolute atomic E-state index is 5.41. The number of ether oxygens (including phenoxy) is 1. The maximum atomic E-state index is 5.41. The molecule has 72 valence electrons. The lowest BCUT2D eigenvalue weighted by molar-refractivity contribution is 0.0954. The fraction of sp³-hybridized carbons (Fsp3) is 0.800. The van der Waals surface area contributed by atoms with Crippen molar-refractivity contribution >= 4 is 0 Å². The van der Waals surface area contributed by atoms with E-state index >= 15 is 0 Å². The van der Waals surface area contributed by atoms with Gasteiger partial charge in [0, 0.05) is 12.6 Å². The summed E-state index contributed by atoms with van der Waals surface area (Å²) in [6, 6.07) is 0.571. The number of rotatable bonds is 7. The molecule has 0 saturated carbocycles. The van der Waals surface area contributed by atoms with Crippen molar-refractivity contribution in [3.8, 4) is 0 Å². The van der Waals surface area contributed by atoms with Crippen molar-refractivity contribution in [1.82, 2.24) is 5.32 Å². The first-order valence-corrected chi connectivity index (χ1v) is 4.64. The molecule has 0 bridgehead atoms. The second-order valence-electron chi connectivity index (χ2n) is 3.27. The Morgan fingerprint density at radius 3 is 2.58 bits per heavy atom. The van der Waals surface area contributed by atoms with E-state index in [4.69, 9.17) is 4.74 Å². The minimum Gasteiger partial charge on any atom is -0.374 e. The quantitative estimate of drug-likeness (QED) is 0.467. The fourth-order valence-electron chi connectivity index (χ4n) is 0.800. The molecule has 0 radical (unpaired) electrons. The third kappa shape index (κ3) is 7.76. The Morgan fingerprint density at radius 2 is 2.08 bits per heavy atom. The van der Waals surface area contributed by atoms with E-state index in [0.29, 0.717) is 6.04 Å². The van der Waals surface area contributed by atoms with E-state index in [1.807, 2.05) is 13.0 Å². The van der Waals surface area contributed by atoms with Crippen LogP contribution in [0.2, 0.25) is 0 Å². The van der Waals surface area contributed by atoms with Crippen molar-refractivity contribution < 1.29 is 4.74 Å². The third-order valence-corrected chi connectivity index (χ3v) is 1.59. The lowest BCUT2D eigenvalue weighted by Crippen LogP contribution is -2.24. The molecule has 1 N–H and O–H groups in total.